The molecule has 2 aliphatic rings. The molecule has 0 saturated carbocycles. The van der Waals surface area contributed by atoms with E-state index in [4.69, 9.17) is 0 Å². The summed E-state index contributed by atoms with van der Waals surface area (Å²) in [6, 6.07) is 4.34. The van der Waals surface area contributed by atoms with Gasteiger partial charge >= 0.3 is 5.97 Å². The summed E-state index contributed by atoms with van der Waals surface area (Å²) in [6.07, 6.45) is 1.62. The number of carboxylic acids is 1. The standard InChI is InChI=1S/C17H26N4O2/c1-12(2)21-10-14-9-20(15-6-5-13(3)18-19-15)8-4-7-17(14,11-21)16(22)23/h5-6,12,14H,4,7-11H2,1-3H3,(H,22,23)/t14-,17-/m0/s1. The third-order valence-electron chi connectivity index (χ3n) is 5.48. The van der Waals surface area contributed by atoms with E-state index in [1.54, 1.807) is 0 Å². The zero-order valence-electron chi connectivity index (χ0n) is 14.2. The number of carboxylic acid groups (broad SMARTS) is 1. The summed E-state index contributed by atoms with van der Waals surface area (Å²) in [5.74, 6) is 0.357. The molecule has 1 aromatic rings. The van der Waals surface area contributed by atoms with E-state index in [0.29, 0.717) is 12.6 Å². The van der Waals surface area contributed by atoms with Crippen molar-refractivity contribution in [2.45, 2.75) is 39.7 Å². The molecular formula is C17H26N4O2. The third-order valence-corrected chi connectivity index (χ3v) is 5.48. The van der Waals surface area contributed by atoms with Gasteiger partial charge in [-0.05, 0) is 45.7 Å². The monoisotopic (exact) mass is 318 g/mol. The molecule has 1 aromatic heterocycles. The molecule has 3 rings (SSSR count). The van der Waals surface area contributed by atoms with Crippen LogP contribution in [0.2, 0.25) is 0 Å². The lowest BCUT2D eigenvalue weighted by Gasteiger charge is -2.30. The van der Waals surface area contributed by atoms with Crippen molar-refractivity contribution in [2.75, 3.05) is 31.1 Å². The second kappa shape index (κ2) is 6.07. The Kier molecular flexibility index (Phi) is 4.27. The number of nitrogens with zero attached hydrogens (tertiary/aromatic N) is 4. The van der Waals surface area contributed by atoms with Crippen LogP contribution < -0.4 is 4.90 Å². The highest BCUT2D eigenvalue weighted by Crippen LogP contribution is 2.44. The zero-order chi connectivity index (χ0) is 16.6. The Morgan fingerprint density at radius 3 is 2.74 bits per heavy atom. The van der Waals surface area contributed by atoms with Crippen molar-refractivity contribution < 1.29 is 9.90 Å². The van der Waals surface area contributed by atoms with Gasteiger partial charge in [0.05, 0.1) is 11.1 Å². The van der Waals surface area contributed by atoms with Crippen LogP contribution in [0.3, 0.4) is 0 Å². The molecule has 0 aliphatic carbocycles. The lowest BCUT2D eigenvalue weighted by atomic mass is 9.75. The van der Waals surface area contributed by atoms with Crippen LogP contribution in [-0.2, 0) is 4.79 Å². The SMILES string of the molecule is Cc1ccc(N2CCC[C@]3(C(=O)O)CN(C(C)C)C[C@@H]3C2)nn1. The van der Waals surface area contributed by atoms with Gasteiger partial charge in [-0.2, -0.15) is 5.10 Å². The number of aryl methyl sites for hydroxylation is 1. The molecule has 2 aliphatic heterocycles. The van der Waals surface area contributed by atoms with Crippen LogP contribution in [0.15, 0.2) is 12.1 Å². The van der Waals surface area contributed by atoms with E-state index in [1.807, 2.05) is 19.1 Å². The first-order valence-electron chi connectivity index (χ1n) is 8.45. The Balaban J connectivity index is 1.86. The van der Waals surface area contributed by atoms with Gasteiger partial charge in [-0.3, -0.25) is 9.69 Å². The highest BCUT2D eigenvalue weighted by atomic mass is 16.4. The van der Waals surface area contributed by atoms with Crippen LogP contribution >= 0.6 is 0 Å². The highest BCUT2D eigenvalue weighted by Gasteiger charge is 2.53. The van der Waals surface area contributed by atoms with Gasteiger partial charge in [0.15, 0.2) is 5.82 Å². The zero-order valence-corrected chi connectivity index (χ0v) is 14.2. The fourth-order valence-electron chi connectivity index (χ4n) is 3.98. The quantitative estimate of drug-likeness (QED) is 0.916. The minimum atomic E-state index is -0.637. The van der Waals surface area contributed by atoms with Crippen molar-refractivity contribution in [3.63, 3.8) is 0 Å². The first-order valence-corrected chi connectivity index (χ1v) is 8.45. The van der Waals surface area contributed by atoms with Crippen LogP contribution in [-0.4, -0.2) is 58.4 Å². The molecule has 126 valence electrons. The summed E-state index contributed by atoms with van der Waals surface area (Å²) in [6.45, 7) is 9.32. The number of hydrogen-bond donors (Lipinski definition) is 1. The van der Waals surface area contributed by atoms with Gasteiger partial charge in [-0.1, -0.05) is 0 Å². The smallest absolute Gasteiger partial charge is 0.311 e. The van der Waals surface area contributed by atoms with Crippen molar-refractivity contribution in [1.82, 2.24) is 15.1 Å². The molecular weight excluding hydrogens is 292 g/mol. The summed E-state index contributed by atoms with van der Waals surface area (Å²) in [5, 5.41) is 18.4. The fourth-order valence-corrected chi connectivity index (χ4v) is 3.98. The van der Waals surface area contributed by atoms with Gasteiger partial charge in [-0.25, -0.2) is 0 Å². The fraction of sp³-hybridized carbons (Fsp3) is 0.706. The summed E-state index contributed by atoms with van der Waals surface area (Å²) in [7, 11) is 0. The van der Waals surface area contributed by atoms with Gasteiger partial charge in [-0.15, -0.1) is 5.10 Å². The first-order chi connectivity index (χ1) is 10.9. The van der Waals surface area contributed by atoms with Crippen LogP contribution in [0, 0.1) is 18.3 Å². The molecule has 23 heavy (non-hydrogen) atoms. The predicted molar refractivity (Wildman–Crippen MR) is 88.5 cm³/mol. The molecule has 0 amide bonds. The van der Waals surface area contributed by atoms with Crippen molar-refractivity contribution >= 4 is 11.8 Å². The molecule has 2 fully saturated rings. The van der Waals surface area contributed by atoms with Gasteiger partial charge in [0.2, 0.25) is 0 Å². The average molecular weight is 318 g/mol. The number of rotatable bonds is 3. The van der Waals surface area contributed by atoms with Gasteiger partial charge in [0, 0.05) is 38.1 Å². The van der Waals surface area contributed by atoms with Gasteiger partial charge < -0.3 is 10.0 Å². The van der Waals surface area contributed by atoms with Crippen molar-refractivity contribution in [1.29, 1.82) is 0 Å². The lowest BCUT2D eigenvalue weighted by Crippen LogP contribution is -2.41. The predicted octanol–water partition coefficient (Wildman–Crippen LogP) is 1.80. The molecule has 6 heteroatoms. The highest BCUT2D eigenvalue weighted by molar-refractivity contribution is 5.76. The Hall–Kier alpha value is -1.69. The number of aliphatic carboxylic acids is 1. The second-order valence-electron chi connectivity index (χ2n) is 7.26. The van der Waals surface area contributed by atoms with E-state index < -0.39 is 11.4 Å². The third kappa shape index (κ3) is 2.92. The van der Waals surface area contributed by atoms with E-state index >= 15 is 0 Å². The molecule has 0 aromatic carbocycles. The molecule has 0 spiro atoms. The molecule has 0 bridgehead atoms. The Morgan fingerprint density at radius 2 is 2.13 bits per heavy atom. The molecule has 6 nitrogen and oxygen atoms in total. The lowest BCUT2D eigenvalue weighted by molar-refractivity contribution is -0.150. The largest absolute Gasteiger partial charge is 0.481 e. The normalized spacial score (nSPS) is 28.7. The molecule has 3 heterocycles. The van der Waals surface area contributed by atoms with E-state index in [0.717, 1.165) is 44.0 Å². The van der Waals surface area contributed by atoms with E-state index in [2.05, 4.69) is 33.8 Å². The number of carbonyl (C=O) groups is 1. The average Bonchev–Trinajstić information content (AvgIpc) is 2.78. The molecule has 1 N–H and O–H groups in total. The van der Waals surface area contributed by atoms with E-state index in [1.165, 1.54) is 0 Å². The number of anilines is 1. The maximum Gasteiger partial charge on any atom is 0.311 e. The Bertz CT molecular complexity index is 574. The summed E-state index contributed by atoms with van der Waals surface area (Å²) >= 11 is 0. The summed E-state index contributed by atoms with van der Waals surface area (Å²) in [4.78, 5) is 16.6. The Labute approximate surface area is 137 Å². The molecule has 0 radical (unpaired) electrons. The topological polar surface area (TPSA) is 69.6 Å². The number of aromatic nitrogens is 2. The van der Waals surface area contributed by atoms with Crippen molar-refractivity contribution in [3.05, 3.63) is 17.8 Å². The maximum atomic E-state index is 12.1. The summed E-state index contributed by atoms with van der Waals surface area (Å²) < 4.78 is 0. The molecule has 2 atom stereocenters. The first kappa shape index (κ1) is 16.2. The van der Waals surface area contributed by atoms with Crippen LogP contribution in [0.4, 0.5) is 5.82 Å². The number of hydrogen-bond acceptors (Lipinski definition) is 5. The minimum Gasteiger partial charge on any atom is -0.481 e. The molecule has 2 saturated heterocycles. The van der Waals surface area contributed by atoms with Crippen LogP contribution in [0.25, 0.3) is 0 Å². The number of likely N-dealkylation sites (tertiary alicyclic amines) is 1. The van der Waals surface area contributed by atoms with Gasteiger partial charge in [0.25, 0.3) is 0 Å². The van der Waals surface area contributed by atoms with Crippen molar-refractivity contribution in [3.8, 4) is 0 Å². The van der Waals surface area contributed by atoms with E-state index in [9.17, 15) is 9.90 Å². The minimum absolute atomic E-state index is 0.132. The van der Waals surface area contributed by atoms with Crippen LogP contribution in [0.1, 0.15) is 32.4 Å². The maximum absolute atomic E-state index is 12.1. The summed E-state index contributed by atoms with van der Waals surface area (Å²) in [5.41, 5.74) is 0.284. The van der Waals surface area contributed by atoms with Crippen LogP contribution in [0.5, 0.6) is 0 Å². The van der Waals surface area contributed by atoms with Crippen molar-refractivity contribution in [2.24, 2.45) is 11.3 Å². The molecule has 0 unspecified atom stereocenters. The second-order valence-corrected chi connectivity index (χ2v) is 7.26. The Morgan fingerprint density at radius 1 is 1.35 bits per heavy atom. The van der Waals surface area contributed by atoms with Gasteiger partial charge in [0.1, 0.15) is 0 Å². The number of fused-ring (bicyclic) bond motifs is 1. The van der Waals surface area contributed by atoms with E-state index in [-0.39, 0.29) is 5.92 Å².